The van der Waals surface area contributed by atoms with Crippen molar-refractivity contribution in [1.29, 1.82) is 0 Å². The Morgan fingerprint density at radius 3 is 2.26 bits per heavy atom. The van der Waals surface area contributed by atoms with E-state index in [1.807, 2.05) is 36.4 Å². The van der Waals surface area contributed by atoms with Gasteiger partial charge in [-0.1, -0.05) is 24.6 Å². The lowest BCUT2D eigenvalue weighted by atomic mass is 9.92. The highest BCUT2D eigenvalue weighted by Gasteiger charge is 2.17. The van der Waals surface area contributed by atoms with E-state index >= 15 is 0 Å². The van der Waals surface area contributed by atoms with E-state index in [4.69, 9.17) is 4.74 Å². The Kier molecular flexibility index (Phi) is 6.68. The third kappa shape index (κ3) is 5.31. The molecule has 1 fully saturated rings. The van der Waals surface area contributed by atoms with Crippen LogP contribution in [0.3, 0.4) is 0 Å². The molecule has 4 aromatic rings. The number of carbonyl (C=O) groups is 1. The lowest BCUT2D eigenvalue weighted by molar-refractivity contribution is 0.103. The average Bonchev–Trinajstić information content (AvgIpc) is 2.89. The maximum absolute atomic E-state index is 13.4. The molecule has 1 aliphatic heterocycles. The number of ketones is 1. The lowest BCUT2D eigenvalue weighted by Crippen LogP contribution is -2.33. The van der Waals surface area contributed by atoms with E-state index < -0.39 is 0 Å². The number of nitrogens with zero attached hydrogens (tertiary/aromatic N) is 1. The van der Waals surface area contributed by atoms with Gasteiger partial charge in [0.2, 0.25) is 0 Å². The van der Waals surface area contributed by atoms with Crippen LogP contribution in [0.4, 0.5) is 0 Å². The molecule has 35 heavy (non-hydrogen) atoms. The van der Waals surface area contributed by atoms with Crippen LogP contribution in [-0.2, 0) is 0 Å². The second-order valence-electron chi connectivity index (χ2n) is 9.08. The van der Waals surface area contributed by atoms with Crippen molar-refractivity contribution in [3.05, 3.63) is 90.0 Å². The molecule has 1 aliphatic rings. The summed E-state index contributed by atoms with van der Waals surface area (Å²) in [5.41, 5.74) is 2.57. The van der Waals surface area contributed by atoms with Gasteiger partial charge in [0, 0.05) is 17.7 Å². The molecule has 1 saturated heterocycles. The molecule has 0 aromatic heterocycles. The molecule has 0 radical (unpaired) electrons. The molecule has 2 N–H and O–H groups in total. The highest BCUT2D eigenvalue weighted by Crippen LogP contribution is 2.32. The summed E-state index contributed by atoms with van der Waals surface area (Å²) in [4.78, 5) is 15.9. The van der Waals surface area contributed by atoms with E-state index in [0.29, 0.717) is 17.7 Å². The fourth-order valence-electron chi connectivity index (χ4n) is 4.71. The van der Waals surface area contributed by atoms with E-state index in [2.05, 4.69) is 4.90 Å². The lowest BCUT2D eigenvalue weighted by Gasteiger charge is -2.26. The highest BCUT2D eigenvalue weighted by atomic mass is 16.5. The molecular weight excluding hydrogens is 438 g/mol. The summed E-state index contributed by atoms with van der Waals surface area (Å²) in [6.45, 7) is 3.83. The standard InChI is InChI=1S/C30H29NO4/c32-25-9-6-22-18-24(5-4-23(22)19-25)28-13-10-26(33)20-29(28)30(34)21-7-11-27(12-8-21)35-17-16-31-14-2-1-3-15-31/h4-13,18-20,32-33H,1-3,14-17H2. The number of fused-ring (bicyclic) bond motifs is 1. The van der Waals surface area contributed by atoms with Gasteiger partial charge in [0.05, 0.1) is 0 Å². The van der Waals surface area contributed by atoms with Crippen LogP contribution in [0.15, 0.2) is 78.9 Å². The quantitative estimate of drug-likeness (QED) is 0.326. The number of phenolic OH excluding ortho intramolecular Hbond substituents is 2. The second kappa shape index (κ2) is 10.2. The summed E-state index contributed by atoms with van der Waals surface area (Å²) in [5.74, 6) is 0.833. The zero-order chi connectivity index (χ0) is 24.2. The monoisotopic (exact) mass is 467 g/mol. The largest absolute Gasteiger partial charge is 0.508 e. The molecule has 1 heterocycles. The van der Waals surface area contributed by atoms with Crippen LogP contribution in [0.1, 0.15) is 35.2 Å². The average molecular weight is 468 g/mol. The smallest absolute Gasteiger partial charge is 0.193 e. The molecule has 5 rings (SSSR count). The summed E-state index contributed by atoms with van der Waals surface area (Å²) in [7, 11) is 0. The molecule has 5 nitrogen and oxygen atoms in total. The first-order valence-electron chi connectivity index (χ1n) is 12.1. The Morgan fingerprint density at radius 2 is 1.46 bits per heavy atom. The Bertz CT molecular complexity index is 1340. The van der Waals surface area contributed by atoms with Crippen LogP contribution in [0.5, 0.6) is 17.2 Å². The van der Waals surface area contributed by atoms with Crippen molar-refractivity contribution in [1.82, 2.24) is 4.90 Å². The predicted molar refractivity (Wildman–Crippen MR) is 138 cm³/mol. The van der Waals surface area contributed by atoms with Crippen molar-refractivity contribution in [3.63, 3.8) is 0 Å². The van der Waals surface area contributed by atoms with Crippen LogP contribution < -0.4 is 4.74 Å². The summed E-state index contributed by atoms with van der Waals surface area (Å²) < 4.78 is 5.90. The minimum absolute atomic E-state index is 0.0421. The van der Waals surface area contributed by atoms with Gasteiger partial charge in [0.25, 0.3) is 0 Å². The van der Waals surface area contributed by atoms with E-state index in [-0.39, 0.29) is 17.3 Å². The molecule has 0 unspecified atom stereocenters. The van der Waals surface area contributed by atoms with Gasteiger partial charge in [-0.2, -0.15) is 0 Å². The third-order valence-electron chi connectivity index (χ3n) is 6.62. The maximum atomic E-state index is 13.4. The predicted octanol–water partition coefficient (Wildman–Crippen LogP) is 6.01. The van der Waals surface area contributed by atoms with Gasteiger partial charge in [-0.15, -0.1) is 0 Å². The third-order valence-corrected chi connectivity index (χ3v) is 6.62. The molecule has 0 amide bonds. The first-order valence-corrected chi connectivity index (χ1v) is 12.1. The molecule has 4 aromatic carbocycles. The molecular formula is C30H29NO4. The van der Waals surface area contributed by atoms with Crippen LogP contribution >= 0.6 is 0 Å². The number of phenols is 2. The normalized spacial score (nSPS) is 14.2. The van der Waals surface area contributed by atoms with E-state index in [0.717, 1.165) is 47.3 Å². The van der Waals surface area contributed by atoms with Crippen molar-refractivity contribution in [2.45, 2.75) is 19.3 Å². The van der Waals surface area contributed by atoms with Gasteiger partial charge in [0.1, 0.15) is 23.9 Å². The van der Waals surface area contributed by atoms with Crippen molar-refractivity contribution >= 4 is 16.6 Å². The molecule has 0 aliphatic carbocycles. The zero-order valence-electron chi connectivity index (χ0n) is 19.6. The number of likely N-dealkylation sites (tertiary alicyclic amines) is 1. The van der Waals surface area contributed by atoms with Gasteiger partial charge >= 0.3 is 0 Å². The van der Waals surface area contributed by atoms with Crippen LogP contribution in [0, 0.1) is 0 Å². The number of ether oxygens (including phenoxy) is 1. The number of carbonyl (C=O) groups excluding carboxylic acids is 1. The second-order valence-corrected chi connectivity index (χ2v) is 9.08. The number of hydrogen-bond donors (Lipinski definition) is 2. The van der Waals surface area contributed by atoms with Crippen molar-refractivity contribution in [3.8, 4) is 28.4 Å². The minimum atomic E-state index is -0.165. The Morgan fingerprint density at radius 1 is 0.771 bits per heavy atom. The molecule has 5 heteroatoms. The van der Waals surface area contributed by atoms with Crippen molar-refractivity contribution < 1.29 is 19.7 Å². The molecule has 0 saturated carbocycles. The summed E-state index contributed by atoms with van der Waals surface area (Å²) >= 11 is 0. The summed E-state index contributed by atoms with van der Waals surface area (Å²) in [6.07, 6.45) is 3.84. The van der Waals surface area contributed by atoms with E-state index in [1.165, 1.54) is 25.3 Å². The van der Waals surface area contributed by atoms with Gasteiger partial charge in [-0.05, 0) is 108 Å². The highest BCUT2D eigenvalue weighted by molar-refractivity contribution is 6.13. The topological polar surface area (TPSA) is 70.0 Å². The van der Waals surface area contributed by atoms with Crippen molar-refractivity contribution in [2.75, 3.05) is 26.2 Å². The van der Waals surface area contributed by atoms with Gasteiger partial charge in [-0.3, -0.25) is 9.69 Å². The zero-order valence-corrected chi connectivity index (χ0v) is 19.6. The fraction of sp³-hybridized carbons (Fsp3) is 0.233. The minimum Gasteiger partial charge on any atom is -0.508 e. The van der Waals surface area contributed by atoms with Gasteiger partial charge in [-0.25, -0.2) is 0 Å². The maximum Gasteiger partial charge on any atom is 0.193 e. The SMILES string of the molecule is O=C(c1ccc(OCCN2CCCCC2)cc1)c1cc(O)ccc1-c1ccc2cc(O)ccc2c1. The fourth-order valence-corrected chi connectivity index (χ4v) is 4.71. The number of benzene rings is 4. The number of hydrogen-bond acceptors (Lipinski definition) is 5. The summed E-state index contributed by atoms with van der Waals surface area (Å²) in [6, 6.07) is 23.1. The molecule has 0 spiro atoms. The number of aromatic hydroxyl groups is 2. The van der Waals surface area contributed by atoms with Crippen LogP contribution in [-0.4, -0.2) is 47.1 Å². The van der Waals surface area contributed by atoms with Crippen molar-refractivity contribution in [2.24, 2.45) is 0 Å². The Labute approximate surface area is 205 Å². The molecule has 0 atom stereocenters. The molecule has 178 valence electrons. The first kappa shape index (κ1) is 22.9. The summed E-state index contributed by atoms with van der Waals surface area (Å²) in [5, 5.41) is 21.7. The van der Waals surface area contributed by atoms with Crippen LogP contribution in [0.25, 0.3) is 21.9 Å². The Balaban J connectivity index is 1.34. The number of piperidine rings is 1. The first-order chi connectivity index (χ1) is 17.1. The van der Waals surface area contributed by atoms with Gasteiger partial charge < -0.3 is 14.9 Å². The van der Waals surface area contributed by atoms with Crippen LogP contribution in [0.2, 0.25) is 0 Å². The van der Waals surface area contributed by atoms with E-state index in [9.17, 15) is 15.0 Å². The Hall–Kier alpha value is -3.83. The van der Waals surface area contributed by atoms with Gasteiger partial charge in [0.15, 0.2) is 5.78 Å². The number of rotatable bonds is 7. The van der Waals surface area contributed by atoms with E-state index in [1.54, 1.807) is 36.4 Å². The molecule has 0 bridgehead atoms.